The molecule has 0 aliphatic carbocycles. The minimum absolute atomic E-state index is 0.878. The highest BCUT2D eigenvalue weighted by Gasteiger charge is 2.14. The molecule has 0 amide bonds. The molecule has 0 spiro atoms. The molecule has 0 radical (unpaired) electrons. The quantitative estimate of drug-likeness (QED) is 0.394. The van der Waals surface area contributed by atoms with E-state index in [4.69, 9.17) is 0 Å². The number of benzene rings is 1. The summed E-state index contributed by atoms with van der Waals surface area (Å²) < 4.78 is 6.26. The molecule has 0 atom stereocenters. The number of aromatic nitrogens is 2. The zero-order valence-corrected chi connectivity index (χ0v) is 14.6. The number of fused-ring (bicyclic) bond motifs is 1. The van der Waals surface area contributed by atoms with Gasteiger partial charge in [-0.2, -0.15) is 0 Å². The minimum atomic E-state index is 0.878. The van der Waals surface area contributed by atoms with E-state index in [0.717, 1.165) is 34.8 Å². The number of hydrogen-bond donors (Lipinski definition) is 0. The van der Waals surface area contributed by atoms with E-state index in [2.05, 4.69) is 92.9 Å². The molecule has 0 fully saturated rings. The Morgan fingerprint density at radius 3 is 2.67 bits per heavy atom. The van der Waals surface area contributed by atoms with Crippen LogP contribution in [0.2, 0.25) is 0 Å². The smallest absolute Gasteiger partial charge is 0.178 e. The summed E-state index contributed by atoms with van der Waals surface area (Å²) in [6.45, 7) is 3.01. The number of halogens is 4. The van der Waals surface area contributed by atoms with Gasteiger partial charge >= 0.3 is 0 Å². The number of rotatable bonds is 1. The predicted molar refractivity (Wildman–Crippen MR) is 81.2 cm³/mol. The van der Waals surface area contributed by atoms with Crippen LogP contribution < -0.4 is 0 Å². The Morgan fingerprint density at radius 2 is 2.07 bits per heavy atom. The van der Waals surface area contributed by atoms with Gasteiger partial charge in [0.1, 0.15) is 5.52 Å². The molecule has 15 heavy (non-hydrogen) atoms. The average Bonchev–Trinajstić information content (AvgIpc) is 2.51. The van der Waals surface area contributed by atoms with Gasteiger partial charge in [0.05, 0.1) is 9.09 Å². The molecule has 80 valence electrons. The van der Waals surface area contributed by atoms with Crippen LogP contribution in [0, 0.1) is 3.57 Å². The van der Waals surface area contributed by atoms with Gasteiger partial charge in [-0.05, 0) is 83.4 Å². The van der Waals surface area contributed by atoms with Crippen molar-refractivity contribution in [3.05, 3.63) is 23.3 Å². The van der Waals surface area contributed by atoms with Gasteiger partial charge in [-0.1, -0.05) is 0 Å². The molecule has 0 bridgehead atoms. The van der Waals surface area contributed by atoms with Crippen LogP contribution in [-0.2, 0) is 6.54 Å². The van der Waals surface area contributed by atoms with Gasteiger partial charge in [-0.3, -0.25) is 0 Å². The second kappa shape index (κ2) is 4.62. The predicted octanol–water partition coefficient (Wildman–Crippen LogP) is 4.95. The third-order valence-electron chi connectivity index (χ3n) is 2.15. The maximum Gasteiger partial charge on any atom is 0.178 e. The number of aryl methyl sites for hydroxylation is 1. The summed E-state index contributed by atoms with van der Waals surface area (Å²) in [5.74, 6) is 0. The van der Waals surface area contributed by atoms with E-state index in [0.29, 0.717) is 0 Å². The number of hydrogen-bond acceptors (Lipinski definition) is 1. The lowest BCUT2D eigenvalue weighted by atomic mass is 10.3. The second-order valence-corrected chi connectivity index (χ2v) is 6.41. The Bertz CT molecular complexity index is 536. The van der Waals surface area contributed by atoms with Gasteiger partial charge in [0.25, 0.3) is 0 Å². The van der Waals surface area contributed by atoms with Gasteiger partial charge in [0.2, 0.25) is 0 Å². The van der Waals surface area contributed by atoms with Gasteiger partial charge < -0.3 is 4.57 Å². The molecule has 1 aromatic carbocycles. The summed E-state index contributed by atoms with van der Waals surface area (Å²) in [5, 5.41) is 0. The van der Waals surface area contributed by atoms with Gasteiger partial charge in [-0.25, -0.2) is 4.98 Å². The first kappa shape index (κ1) is 12.3. The van der Waals surface area contributed by atoms with Crippen molar-refractivity contribution in [1.82, 2.24) is 9.55 Å². The maximum atomic E-state index is 4.51. The van der Waals surface area contributed by atoms with E-state index in [9.17, 15) is 0 Å². The SMILES string of the molecule is CCn1c(Br)nc2c(I)c(Br)c(Br)cc21. The fraction of sp³-hybridized carbons (Fsp3) is 0.222. The van der Waals surface area contributed by atoms with Crippen LogP contribution in [0.15, 0.2) is 19.7 Å². The third kappa shape index (κ3) is 2.02. The molecule has 1 aromatic heterocycles. The minimum Gasteiger partial charge on any atom is -0.319 e. The van der Waals surface area contributed by atoms with Crippen molar-refractivity contribution in [1.29, 1.82) is 0 Å². The number of nitrogens with zero attached hydrogens (tertiary/aromatic N) is 2. The number of imidazole rings is 1. The summed E-state index contributed by atoms with van der Waals surface area (Å²) in [7, 11) is 0. The second-order valence-electron chi connectivity index (χ2n) is 2.98. The van der Waals surface area contributed by atoms with E-state index in [1.807, 2.05) is 0 Å². The molecule has 0 aliphatic heterocycles. The van der Waals surface area contributed by atoms with Crippen LogP contribution in [0.4, 0.5) is 0 Å². The van der Waals surface area contributed by atoms with Crippen molar-refractivity contribution in [3.8, 4) is 0 Å². The van der Waals surface area contributed by atoms with E-state index < -0.39 is 0 Å². The van der Waals surface area contributed by atoms with Crippen LogP contribution in [-0.4, -0.2) is 9.55 Å². The van der Waals surface area contributed by atoms with E-state index in [1.54, 1.807) is 0 Å². The van der Waals surface area contributed by atoms with Gasteiger partial charge in [0.15, 0.2) is 4.73 Å². The van der Waals surface area contributed by atoms with Gasteiger partial charge in [-0.15, -0.1) is 0 Å². The van der Waals surface area contributed by atoms with E-state index >= 15 is 0 Å². The first-order chi connectivity index (χ1) is 7.06. The summed E-state index contributed by atoms with van der Waals surface area (Å²) in [4.78, 5) is 4.51. The topological polar surface area (TPSA) is 17.8 Å². The molecular formula is C9H6Br3IN2. The lowest BCUT2D eigenvalue weighted by molar-refractivity contribution is 0.765. The highest BCUT2D eigenvalue weighted by atomic mass is 127. The molecule has 6 heteroatoms. The van der Waals surface area contributed by atoms with Crippen molar-refractivity contribution < 1.29 is 0 Å². The van der Waals surface area contributed by atoms with Crippen molar-refractivity contribution in [2.24, 2.45) is 0 Å². The maximum absolute atomic E-state index is 4.51. The molecule has 0 aliphatic rings. The normalized spacial score (nSPS) is 11.3. The fourth-order valence-electron chi connectivity index (χ4n) is 1.44. The zero-order chi connectivity index (χ0) is 11.2. The molecular weight excluding hydrogens is 503 g/mol. The Morgan fingerprint density at radius 1 is 1.40 bits per heavy atom. The standard InChI is InChI=1S/C9H6Br3IN2/c1-2-15-5-3-4(10)6(11)7(13)8(5)14-9(15)12/h3H,2H2,1H3. The van der Waals surface area contributed by atoms with E-state index in [1.165, 1.54) is 0 Å². The lowest BCUT2D eigenvalue weighted by Gasteiger charge is -2.04. The molecule has 0 N–H and O–H groups in total. The summed E-state index contributed by atoms with van der Waals surface area (Å²) in [6.07, 6.45) is 0. The first-order valence-corrected chi connectivity index (χ1v) is 7.71. The summed E-state index contributed by atoms with van der Waals surface area (Å²) in [5.41, 5.74) is 2.17. The first-order valence-electron chi connectivity index (χ1n) is 4.25. The summed E-state index contributed by atoms with van der Waals surface area (Å²) in [6, 6.07) is 2.09. The fourth-order valence-corrected chi connectivity index (χ4v) is 3.83. The Kier molecular flexibility index (Phi) is 3.79. The summed E-state index contributed by atoms with van der Waals surface area (Å²) >= 11 is 12.8. The molecule has 2 aromatic rings. The molecule has 1 heterocycles. The van der Waals surface area contributed by atoms with Crippen molar-refractivity contribution in [2.75, 3.05) is 0 Å². The Labute approximate surface area is 126 Å². The van der Waals surface area contributed by atoms with Crippen LogP contribution in [0.3, 0.4) is 0 Å². The highest BCUT2D eigenvalue weighted by Crippen LogP contribution is 2.35. The largest absolute Gasteiger partial charge is 0.319 e. The molecule has 0 unspecified atom stereocenters. The van der Waals surface area contributed by atoms with Crippen LogP contribution >= 0.6 is 70.4 Å². The molecule has 2 rings (SSSR count). The van der Waals surface area contributed by atoms with Crippen LogP contribution in [0.5, 0.6) is 0 Å². The van der Waals surface area contributed by atoms with Crippen molar-refractivity contribution in [2.45, 2.75) is 13.5 Å². The van der Waals surface area contributed by atoms with Crippen molar-refractivity contribution in [3.63, 3.8) is 0 Å². The molecule has 0 saturated carbocycles. The van der Waals surface area contributed by atoms with Crippen molar-refractivity contribution >= 4 is 81.4 Å². The highest BCUT2D eigenvalue weighted by molar-refractivity contribution is 14.1. The van der Waals surface area contributed by atoms with Gasteiger partial charge in [0, 0.05) is 15.5 Å². The Hall–Kier alpha value is 0.860. The monoisotopic (exact) mass is 506 g/mol. The third-order valence-corrected chi connectivity index (χ3v) is 6.53. The van der Waals surface area contributed by atoms with E-state index in [-0.39, 0.29) is 0 Å². The Balaban J connectivity index is 2.92. The molecule has 0 saturated heterocycles. The average molecular weight is 509 g/mol. The van der Waals surface area contributed by atoms with Crippen LogP contribution in [0.25, 0.3) is 11.0 Å². The van der Waals surface area contributed by atoms with Crippen LogP contribution in [0.1, 0.15) is 6.92 Å². The molecule has 2 nitrogen and oxygen atoms in total. The zero-order valence-electron chi connectivity index (χ0n) is 7.69. The lowest BCUT2D eigenvalue weighted by Crippen LogP contribution is -1.93.